The molecule has 2 amide bonds. The van der Waals surface area contributed by atoms with Gasteiger partial charge in [-0.15, -0.1) is 0 Å². The van der Waals surface area contributed by atoms with Crippen LogP contribution in [0.15, 0.2) is 65.6 Å². The Morgan fingerprint density at radius 2 is 1.60 bits per heavy atom. The summed E-state index contributed by atoms with van der Waals surface area (Å²) >= 11 is 0. The van der Waals surface area contributed by atoms with Crippen LogP contribution in [0.2, 0.25) is 0 Å². The van der Waals surface area contributed by atoms with Crippen LogP contribution >= 0.6 is 0 Å². The molecule has 1 saturated heterocycles. The average molecular weight is 494 g/mol. The van der Waals surface area contributed by atoms with Crippen molar-refractivity contribution in [3.8, 4) is 0 Å². The van der Waals surface area contributed by atoms with Gasteiger partial charge >= 0.3 is 0 Å². The summed E-state index contributed by atoms with van der Waals surface area (Å²) in [6, 6.07) is 18.5. The quantitative estimate of drug-likeness (QED) is 0.520. The first-order chi connectivity index (χ1) is 16.8. The van der Waals surface area contributed by atoms with Gasteiger partial charge in [0.05, 0.1) is 17.9 Å². The van der Waals surface area contributed by atoms with Gasteiger partial charge in [-0.3, -0.25) is 9.59 Å². The molecule has 7 nitrogen and oxygen atoms in total. The molecule has 3 aromatic carbocycles. The smallest absolute Gasteiger partial charge is 0.243 e. The Kier molecular flexibility index (Phi) is 7.83. The van der Waals surface area contributed by atoms with Crippen molar-refractivity contribution >= 4 is 38.3 Å². The van der Waals surface area contributed by atoms with Gasteiger partial charge in [0.25, 0.3) is 0 Å². The zero-order valence-corrected chi connectivity index (χ0v) is 20.7. The molecule has 35 heavy (non-hydrogen) atoms. The maximum Gasteiger partial charge on any atom is 0.243 e. The number of carbonyl (C=O) groups excluding carboxylic acids is 2. The molecule has 1 heterocycles. The number of nitrogens with zero attached hydrogens (tertiary/aromatic N) is 1. The van der Waals surface area contributed by atoms with Crippen molar-refractivity contribution in [1.29, 1.82) is 0 Å². The Morgan fingerprint density at radius 3 is 2.37 bits per heavy atom. The SMILES string of the molecule is Cc1ccc(NC(=O)CNC(=O)Cc2cccc3ccccc23)cc1S(=O)(=O)N1CCCCCC1. The van der Waals surface area contributed by atoms with Crippen molar-refractivity contribution in [3.63, 3.8) is 0 Å². The van der Waals surface area contributed by atoms with E-state index in [4.69, 9.17) is 0 Å². The van der Waals surface area contributed by atoms with Gasteiger partial charge in [0, 0.05) is 18.8 Å². The number of fused-ring (bicyclic) bond motifs is 1. The molecule has 0 spiro atoms. The summed E-state index contributed by atoms with van der Waals surface area (Å²) in [6.45, 7) is 2.58. The number of hydrogen-bond donors (Lipinski definition) is 2. The largest absolute Gasteiger partial charge is 0.347 e. The summed E-state index contributed by atoms with van der Waals surface area (Å²) in [4.78, 5) is 25.2. The molecule has 0 unspecified atom stereocenters. The number of amides is 2. The molecule has 4 rings (SSSR count). The first-order valence-corrected chi connectivity index (χ1v) is 13.4. The van der Waals surface area contributed by atoms with Crippen LogP contribution in [0.3, 0.4) is 0 Å². The molecule has 8 heteroatoms. The van der Waals surface area contributed by atoms with E-state index in [-0.39, 0.29) is 23.8 Å². The van der Waals surface area contributed by atoms with Crippen LogP contribution in [-0.2, 0) is 26.0 Å². The number of sulfonamides is 1. The summed E-state index contributed by atoms with van der Waals surface area (Å²) in [7, 11) is -3.64. The zero-order chi connectivity index (χ0) is 24.8. The van der Waals surface area contributed by atoms with Gasteiger partial charge in [-0.1, -0.05) is 61.4 Å². The number of benzene rings is 3. The van der Waals surface area contributed by atoms with Gasteiger partial charge < -0.3 is 10.6 Å². The number of hydrogen-bond acceptors (Lipinski definition) is 4. The van der Waals surface area contributed by atoms with Crippen LogP contribution in [0.4, 0.5) is 5.69 Å². The van der Waals surface area contributed by atoms with Gasteiger partial charge in [-0.05, 0) is 53.8 Å². The summed E-state index contributed by atoms with van der Waals surface area (Å²) in [5.41, 5.74) is 1.91. The minimum absolute atomic E-state index is 0.164. The molecule has 1 aliphatic heterocycles. The minimum atomic E-state index is -3.64. The molecule has 0 atom stereocenters. The molecule has 1 aliphatic rings. The molecule has 0 aliphatic carbocycles. The second kappa shape index (κ2) is 11.0. The van der Waals surface area contributed by atoms with Crippen molar-refractivity contribution < 1.29 is 18.0 Å². The van der Waals surface area contributed by atoms with Crippen LogP contribution in [-0.4, -0.2) is 44.2 Å². The molecule has 1 fully saturated rings. The van der Waals surface area contributed by atoms with E-state index < -0.39 is 15.9 Å². The van der Waals surface area contributed by atoms with Gasteiger partial charge in [0.2, 0.25) is 21.8 Å². The Hall–Kier alpha value is -3.23. The predicted octanol–water partition coefficient (Wildman–Crippen LogP) is 4.01. The number of nitrogens with one attached hydrogen (secondary N) is 2. The third kappa shape index (κ3) is 6.07. The van der Waals surface area contributed by atoms with Crippen LogP contribution in [0.25, 0.3) is 10.8 Å². The van der Waals surface area contributed by atoms with E-state index in [1.165, 1.54) is 6.07 Å². The molecule has 2 N–H and O–H groups in total. The normalized spacial score (nSPS) is 14.9. The lowest BCUT2D eigenvalue weighted by Crippen LogP contribution is -2.34. The fourth-order valence-corrected chi connectivity index (χ4v) is 6.21. The van der Waals surface area contributed by atoms with Gasteiger partial charge in [0.1, 0.15) is 0 Å². The lowest BCUT2D eigenvalue weighted by Gasteiger charge is -2.21. The van der Waals surface area contributed by atoms with E-state index >= 15 is 0 Å². The van der Waals surface area contributed by atoms with Crippen LogP contribution < -0.4 is 10.6 Å². The highest BCUT2D eigenvalue weighted by molar-refractivity contribution is 7.89. The van der Waals surface area contributed by atoms with Crippen LogP contribution in [0, 0.1) is 6.92 Å². The standard InChI is InChI=1S/C27H31N3O4S/c1-20-13-14-23(18-25(20)35(33,34)30-15-6-2-3-7-16-30)29-27(32)19-28-26(31)17-22-11-8-10-21-9-4-5-12-24(21)22/h4-5,8-14,18H,2-3,6-7,15-17,19H2,1H3,(H,28,31)(H,29,32). The van der Waals surface area contributed by atoms with Crippen molar-refractivity contribution in [2.24, 2.45) is 0 Å². The lowest BCUT2D eigenvalue weighted by atomic mass is 10.0. The fourth-order valence-electron chi connectivity index (χ4n) is 4.44. The molecule has 0 saturated carbocycles. The molecule has 0 aromatic heterocycles. The van der Waals surface area contributed by atoms with Crippen LogP contribution in [0.5, 0.6) is 0 Å². The van der Waals surface area contributed by atoms with Crippen LogP contribution in [0.1, 0.15) is 36.8 Å². The average Bonchev–Trinajstić information content (AvgIpc) is 3.15. The van der Waals surface area contributed by atoms with E-state index in [1.807, 2.05) is 42.5 Å². The van der Waals surface area contributed by atoms with Gasteiger partial charge in [-0.25, -0.2) is 8.42 Å². The van der Waals surface area contributed by atoms with Crippen molar-refractivity contribution in [2.75, 3.05) is 25.0 Å². The fraction of sp³-hybridized carbons (Fsp3) is 0.333. The Bertz CT molecular complexity index is 1320. The second-order valence-corrected chi connectivity index (χ2v) is 10.8. The van der Waals surface area contributed by atoms with E-state index in [2.05, 4.69) is 10.6 Å². The lowest BCUT2D eigenvalue weighted by molar-refractivity contribution is -0.123. The topological polar surface area (TPSA) is 95.6 Å². The molecule has 3 aromatic rings. The van der Waals surface area contributed by atoms with E-state index in [0.29, 0.717) is 24.3 Å². The van der Waals surface area contributed by atoms with E-state index in [0.717, 1.165) is 42.0 Å². The highest BCUT2D eigenvalue weighted by atomic mass is 32.2. The maximum absolute atomic E-state index is 13.2. The monoisotopic (exact) mass is 493 g/mol. The van der Waals surface area contributed by atoms with Gasteiger partial charge in [0.15, 0.2) is 0 Å². The molecule has 0 bridgehead atoms. The predicted molar refractivity (Wildman–Crippen MR) is 138 cm³/mol. The third-order valence-corrected chi connectivity index (χ3v) is 8.37. The highest BCUT2D eigenvalue weighted by Gasteiger charge is 2.27. The minimum Gasteiger partial charge on any atom is -0.347 e. The summed E-state index contributed by atoms with van der Waals surface area (Å²) in [6.07, 6.45) is 3.94. The first-order valence-electron chi connectivity index (χ1n) is 12.0. The number of anilines is 1. The molecular formula is C27H31N3O4S. The van der Waals surface area contributed by atoms with E-state index in [1.54, 1.807) is 23.4 Å². The maximum atomic E-state index is 13.2. The summed E-state index contributed by atoms with van der Waals surface area (Å²) < 4.78 is 28.0. The molecule has 184 valence electrons. The highest BCUT2D eigenvalue weighted by Crippen LogP contribution is 2.26. The third-order valence-electron chi connectivity index (χ3n) is 6.33. The number of rotatable bonds is 7. The van der Waals surface area contributed by atoms with Crippen molar-refractivity contribution in [1.82, 2.24) is 9.62 Å². The van der Waals surface area contributed by atoms with Crippen molar-refractivity contribution in [3.05, 3.63) is 71.8 Å². The number of carbonyl (C=O) groups is 2. The zero-order valence-electron chi connectivity index (χ0n) is 19.9. The summed E-state index contributed by atoms with van der Waals surface area (Å²) in [5, 5.41) is 7.43. The molecular weight excluding hydrogens is 462 g/mol. The Balaban J connectivity index is 1.38. The second-order valence-electron chi connectivity index (χ2n) is 8.94. The van der Waals surface area contributed by atoms with E-state index in [9.17, 15) is 18.0 Å². The van der Waals surface area contributed by atoms with Gasteiger partial charge in [-0.2, -0.15) is 4.31 Å². The Morgan fingerprint density at radius 1 is 0.886 bits per heavy atom. The summed E-state index contributed by atoms with van der Waals surface area (Å²) in [5.74, 6) is -0.678. The molecule has 0 radical (unpaired) electrons. The number of aryl methyl sites for hydroxylation is 1. The Labute approximate surface area is 206 Å². The first kappa shape index (κ1) is 24.9. The van der Waals surface area contributed by atoms with Crippen molar-refractivity contribution in [2.45, 2.75) is 43.9 Å².